The molecule has 28 heavy (non-hydrogen) atoms. The first-order chi connectivity index (χ1) is 13.5. The summed E-state index contributed by atoms with van der Waals surface area (Å²) in [6.07, 6.45) is 4.65. The third kappa shape index (κ3) is 4.79. The minimum Gasteiger partial charge on any atom is -0.493 e. The zero-order valence-electron chi connectivity index (χ0n) is 16.7. The lowest BCUT2D eigenvalue weighted by molar-refractivity contribution is -0.121. The Bertz CT molecular complexity index is 810. The number of hydrogen-bond acceptors (Lipinski definition) is 7. The molecule has 1 N–H and O–H groups in total. The normalized spacial score (nSPS) is 20.4. The molecule has 1 aliphatic rings. The molecule has 1 aromatic carbocycles. The first-order valence-electron chi connectivity index (χ1n) is 9.54. The number of aromatic nitrogens is 2. The molecule has 1 aliphatic carbocycles. The number of nitrogens with zero attached hydrogens (tertiary/aromatic N) is 2. The molecular weight excluding hydrogens is 378 g/mol. The van der Waals surface area contributed by atoms with E-state index in [0.717, 1.165) is 12.0 Å². The van der Waals surface area contributed by atoms with Crippen LogP contribution in [0.2, 0.25) is 0 Å². The molecule has 2 aromatic rings. The quantitative estimate of drug-likeness (QED) is 0.699. The Balaban J connectivity index is 1.63. The minimum atomic E-state index is -0.312. The third-order valence-electron chi connectivity index (χ3n) is 5.12. The van der Waals surface area contributed by atoms with Crippen LogP contribution >= 0.6 is 11.8 Å². The molecule has 0 radical (unpaired) electrons. The number of benzene rings is 1. The number of amides is 1. The maximum atomic E-state index is 12.5. The molecule has 1 saturated carbocycles. The molecule has 152 valence electrons. The van der Waals surface area contributed by atoms with E-state index in [0.29, 0.717) is 28.5 Å². The molecule has 0 aliphatic heterocycles. The summed E-state index contributed by atoms with van der Waals surface area (Å²) in [5, 5.41) is 11.4. The van der Waals surface area contributed by atoms with E-state index in [-0.39, 0.29) is 17.2 Å². The number of rotatable bonds is 7. The molecule has 1 aromatic heterocycles. The van der Waals surface area contributed by atoms with Crippen LogP contribution in [0.15, 0.2) is 27.8 Å². The summed E-state index contributed by atoms with van der Waals surface area (Å²) in [4.78, 5) is 12.5. The van der Waals surface area contributed by atoms with Crippen LogP contribution in [0.5, 0.6) is 11.5 Å². The van der Waals surface area contributed by atoms with Crippen LogP contribution in [0, 0.1) is 5.92 Å². The summed E-state index contributed by atoms with van der Waals surface area (Å²) >= 11 is 1.27. The Labute approximate surface area is 169 Å². The van der Waals surface area contributed by atoms with Crippen LogP contribution in [-0.2, 0) is 4.79 Å². The van der Waals surface area contributed by atoms with Gasteiger partial charge >= 0.3 is 0 Å². The van der Waals surface area contributed by atoms with Crippen molar-refractivity contribution in [2.24, 2.45) is 5.92 Å². The fraction of sp³-hybridized carbons (Fsp3) is 0.550. The van der Waals surface area contributed by atoms with Crippen molar-refractivity contribution < 1.29 is 18.7 Å². The molecule has 0 saturated heterocycles. The lowest BCUT2D eigenvalue weighted by atomic mass is 9.86. The van der Waals surface area contributed by atoms with Gasteiger partial charge in [0, 0.05) is 11.6 Å². The van der Waals surface area contributed by atoms with E-state index in [1.54, 1.807) is 26.4 Å². The van der Waals surface area contributed by atoms with E-state index in [4.69, 9.17) is 13.9 Å². The summed E-state index contributed by atoms with van der Waals surface area (Å²) in [5.74, 6) is 2.12. The van der Waals surface area contributed by atoms with Gasteiger partial charge in [0.2, 0.25) is 11.8 Å². The van der Waals surface area contributed by atoms with Gasteiger partial charge in [0.25, 0.3) is 5.22 Å². The summed E-state index contributed by atoms with van der Waals surface area (Å²) in [6.45, 7) is 4.06. The van der Waals surface area contributed by atoms with Crippen LogP contribution in [0.4, 0.5) is 0 Å². The van der Waals surface area contributed by atoms with Gasteiger partial charge in [-0.1, -0.05) is 31.5 Å². The summed E-state index contributed by atoms with van der Waals surface area (Å²) in [6, 6.07) is 5.65. The van der Waals surface area contributed by atoms with E-state index in [9.17, 15) is 4.79 Å². The van der Waals surface area contributed by atoms with Gasteiger partial charge in [0.15, 0.2) is 11.5 Å². The fourth-order valence-corrected chi connectivity index (χ4v) is 4.07. The predicted molar refractivity (Wildman–Crippen MR) is 108 cm³/mol. The molecule has 1 heterocycles. The first kappa shape index (κ1) is 20.5. The lowest BCUT2D eigenvalue weighted by Gasteiger charge is -2.30. The highest BCUT2D eigenvalue weighted by atomic mass is 32.2. The summed E-state index contributed by atoms with van der Waals surface area (Å²) in [5.41, 5.74) is 0.727. The van der Waals surface area contributed by atoms with Crippen molar-refractivity contribution in [1.82, 2.24) is 15.5 Å². The van der Waals surface area contributed by atoms with Crippen molar-refractivity contribution in [3.8, 4) is 23.0 Å². The monoisotopic (exact) mass is 405 g/mol. The zero-order valence-corrected chi connectivity index (χ0v) is 17.5. The molecule has 7 nitrogen and oxygen atoms in total. The zero-order chi connectivity index (χ0) is 20.1. The van der Waals surface area contributed by atoms with Gasteiger partial charge < -0.3 is 19.2 Å². The highest BCUT2D eigenvalue weighted by molar-refractivity contribution is 8.00. The number of hydrogen-bond donors (Lipinski definition) is 1. The summed E-state index contributed by atoms with van der Waals surface area (Å²) in [7, 11) is 3.16. The van der Waals surface area contributed by atoms with Crippen molar-refractivity contribution >= 4 is 17.7 Å². The van der Waals surface area contributed by atoms with Crippen molar-refractivity contribution in [2.75, 3.05) is 14.2 Å². The van der Waals surface area contributed by atoms with Gasteiger partial charge in [0.1, 0.15) is 0 Å². The topological polar surface area (TPSA) is 86.5 Å². The molecule has 0 bridgehead atoms. The van der Waals surface area contributed by atoms with Crippen molar-refractivity contribution in [3.05, 3.63) is 18.2 Å². The molecular formula is C20H27N3O4S. The number of carbonyl (C=O) groups is 1. The second kappa shape index (κ2) is 9.32. The summed E-state index contributed by atoms with van der Waals surface area (Å²) < 4.78 is 16.3. The smallest absolute Gasteiger partial charge is 0.277 e. The Kier molecular flexibility index (Phi) is 6.83. The standard InChI is InChI=1S/C20H27N3O4S/c1-12-7-5-6-8-15(12)21-18(24)13(2)28-20-23-22-19(27-20)14-9-10-16(25-3)17(11-14)26-4/h9-13,15H,5-8H2,1-4H3,(H,21,24)/t12-,13+,15+/m0/s1. The van der Waals surface area contributed by atoms with Crippen LogP contribution < -0.4 is 14.8 Å². The van der Waals surface area contributed by atoms with Crippen molar-refractivity contribution in [2.45, 2.75) is 56.0 Å². The molecule has 1 fully saturated rings. The minimum absolute atomic E-state index is 0.00890. The maximum absolute atomic E-state index is 12.5. The van der Waals surface area contributed by atoms with E-state index in [2.05, 4.69) is 22.4 Å². The van der Waals surface area contributed by atoms with E-state index in [1.165, 1.54) is 31.0 Å². The van der Waals surface area contributed by atoms with Crippen molar-refractivity contribution in [3.63, 3.8) is 0 Å². The van der Waals surface area contributed by atoms with Crippen LogP contribution in [0.1, 0.15) is 39.5 Å². The lowest BCUT2D eigenvalue weighted by Crippen LogP contribution is -2.44. The van der Waals surface area contributed by atoms with Crippen molar-refractivity contribution in [1.29, 1.82) is 0 Å². The molecule has 8 heteroatoms. The molecule has 0 spiro atoms. The molecule has 0 unspecified atom stereocenters. The van der Waals surface area contributed by atoms with E-state index in [1.807, 2.05) is 13.0 Å². The molecule has 1 amide bonds. The largest absolute Gasteiger partial charge is 0.493 e. The van der Waals surface area contributed by atoms with Crippen LogP contribution in [-0.4, -0.2) is 41.6 Å². The number of thioether (sulfide) groups is 1. The Morgan fingerprint density at radius 2 is 1.96 bits per heavy atom. The first-order valence-corrected chi connectivity index (χ1v) is 10.4. The highest BCUT2D eigenvalue weighted by Gasteiger charge is 2.26. The SMILES string of the molecule is COc1ccc(-c2nnc(S[C@H](C)C(=O)N[C@@H]3CCCC[C@@H]3C)o2)cc1OC. The third-order valence-corrected chi connectivity index (χ3v) is 6.06. The van der Waals surface area contributed by atoms with E-state index >= 15 is 0 Å². The average molecular weight is 406 g/mol. The van der Waals surface area contributed by atoms with Gasteiger partial charge in [0.05, 0.1) is 19.5 Å². The highest BCUT2D eigenvalue weighted by Crippen LogP contribution is 2.33. The van der Waals surface area contributed by atoms with Crippen LogP contribution in [0.25, 0.3) is 11.5 Å². The number of carbonyl (C=O) groups excluding carboxylic acids is 1. The fourth-order valence-electron chi connectivity index (χ4n) is 3.38. The number of ether oxygens (including phenoxy) is 2. The molecule has 3 rings (SSSR count). The maximum Gasteiger partial charge on any atom is 0.277 e. The average Bonchev–Trinajstić information content (AvgIpc) is 3.17. The molecule has 3 atom stereocenters. The van der Waals surface area contributed by atoms with Gasteiger partial charge in [-0.25, -0.2) is 0 Å². The number of nitrogens with one attached hydrogen (secondary N) is 1. The number of methoxy groups -OCH3 is 2. The predicted octanol–water partition coefficient (Wildman–Crippen LogP) is 3.93. The van der Waals surface area contributed by atoms with Gasteiger partial charge in [-0.05, 0) is 43.9 Å². The van der Waals surface area contributed by atoms with Gasteiger partial charge in [-0.15, -0.1) is 10.2 Å². The Morgan fingerprint density at radius 3 is 2.68 bits per heavy atom. The van der Waals surface area contributed by atoms with Crippen LogP contribution in [0.3, 0.4) is 0 Å². The Morgan fingerprint density at radius 1 is 1.21 bits per heavy atom. The van der Waals surface area contributed by atoms with Gasteiger partial charge in [-0.3, -0.25) is 4.79 Å². The van der Waals surface area contributed by atoms with E-state index < -0.39 is 0 Å². The Hall–Kier alpha value is -2.22. The van der Waals surface area contributed by atoms with Gasteiger partial charge in [-0.2, -0.15) is 0 Å². The second-order valence-electron chi connectivity index (χ2n) is 7.08. The second-order valence-corrected chi connectivity index (χ2v) is 8.37.